The number of anilines is 2. The van der Waals surface area contributed by atoms with E-state index in [1.54, 1.807) is 9.80 Å². The monoisotopic (exact) mass is 933 g/mol. The van der Waals surface area contributed by atoms with Crippen LogP contribution in [0.3, 0.4) is 0 Å². The van der Waals surface area contributed by atoms with E-state index in [-0.39, 0.29) is 66.8 Å². The number of alkyl halides is 1. The predicted octanol–water partition coefficient (Wildman–Crippen LogP) is 1.65. The SMILES string of the molecule is CCCc1ccc(OCC(=O)N2CCC(O)(CO)CC2)cc1.CCl.Nc1nc(N)c(C(=O)NC2CCC[NH+](CCCc3ccc(OCC(=O)N4CCC(O)(CO)CC4)cc3)C2)nc1Cl. The van der Waals surface area contributed by atoms with E-state index in [9.17, 15) is 29.7 Å². The van der Waals surface area contributed by atoms with Gasteiger partial charge in [0.25, 0.3) is 17.7 Å². The van der Waals surface area contributed by atoms with Gasteiger partial charge in [-0.25, -0.2) is 9.97 Å². The third-order valence-electron chi connectivity index (χ3n) is 11.9. The Balaban J connectivity index is 0.000000316. The summed E-state index contributed by atoms with van der Waals surface area (Å²) in [7, 11) is 0. The Hall–Kier alpha value is -4.49. The van der Waals surface area contributed by atoms with Crippen LogP contribution < -0.4 is 31.2 Å². The lowest BCUT2D eigenvalue weighted by atomic mass is 9.92. The number of aliphatic hydroxyl groups excluding tert-OH is 2. The van der Waals surface area contributed by atoms with Gasteiger partial charge >= 0.3 is 0 Å². The Labute approximate surface area is 386 Å². The summed E-state index contributed by atoms with van der Waals surface area (Å²) in [5.74, 6) is 0.670. The van der Waals surface area contributed by atoms with E-state index in [1.807, 2.05) is 48.5 Å². The number of carbonyl (C=O) groups excluding carboxylic acids is 3. The highest BCUT2D eigenvalue weighted by atomic mass is 35.5. The minimum atomic E-state index is -1.08. The van der Waals surface area contributed by atoms with Crippen LogP contribution in [0.25, 0.3) is 0 Å². The lowest BCUT2D eigenvalue weighted by molar-refractivity contribution is -0.906. The van der Waals surface area contributed by atoms with Crippen molar-refractivity contribution in [1.82, 2.24) is 25.1 Å². The molecule has 2 unspecified atom stereocenters. The van der Waals surface area contributed by atoms with Crippen molar-refractivity contribution in [3.8, 4) is 11.5 Å². The van der Waals surface area contributed by atoms with E-state index in [1.165, 1.54) is 22.4 Å². The van der Waals surface area contributed by atoms with E-state index < -0.39 is 17.1 Å². The zero-order chi connectivity index (χ0) is 46.7. The highest BCUT2D eigenvalue weighted by Gasteiger charge is 2.34. The molecule has 4 heterocycles. The predicted molar refractivity (Wildman–Crippen MR) is 246 cm³/mol. The number of nitrogens with one attached hydrogen (secondary N) is 2. The number of aryl methyl sites for hydroxylation is 2. The van der Waals surface area contributed by atoms with Crippen molar-refractivity contribution >= 4 is 52.6 Å². The first-order valence-electron chi connectivity index (χ1n) is 22.0. The Morgan fingerprint density at radius 1 is 0.797 bits per heavy atom. The number of nitrogen functional groups attached to an aromatic ring is 2. The average Bonchev–Trinajstić information content (AvgIpc) is 3.31. The van der Waals surface area contributed by atoms with Crippen molar-refractivity contribution in [2.24, 2.45) is 0 Å². The fraction of sp³-hybridized carbons (Fsp3) is 0.578. The fourth-order valence-electron chi connectivity index (χ4n) is 7.83. The first-order chi connectivity index (χ1) is 30.7. The number of benzene rings is 2. The Kier molecular flexibility index (Phi) is 21.1. The maximum absolute atomic E-state index is 12.7. The first-order valence-corrected chi connectivity index (χ1v) is 23.1. The number of aromatic nitrogens is 2. The number of nitrogens with two attached hydrogens (primary N) is 2. The number of ether oxygens (including phenoxy) is 2. The topological polar surface area (TPSA) is 251 Å². The zero-order valence-electron chi connectivity index (χ0n) is 37.1. The third-order valence-corrected chi connectivity index (χ3v) is 12.1. The first kappa shape index (κ1) is 52.1. The molecule has 64 heavy (non-hydrogen) atoms. The summed E-state index contributed by atoms with van der Waals surface area (Å²) >= 11 is 10.5. The molecule has 3 aromatic rings. The number of aliphatic hydroxyl groups is 4. The number of hydrogen-bond acceptors (Lipinski definition) is 13. The van der Waals surface area contributed by atoms with Crippen LogP contribution >= 0.6 is 23.2 Å². The average molecular weight is 935 g/mol. The molecule has 2 atom stereocenters. The summed E-state index contributed by atoms with van der Waals surface area (Å²) in [6.07, 6.45) is 8.96. The molecule has 1 aromatic heterocycles. The molecule has 354 valence electrons. The Morgan fingerprint density at radius 2 is 1.28 bits per heavy atom. The molecule has 0 saturated carbocycles. The molecule has 19 heteroatoms. The summed E-state index contributed by atoms with van der Waals surface area (Å²) in [5.41, 5.74) is 11.7. The van der Waals surface area contributed by atoms with Gasteiger partial charge in [0, 0.05) is 39.0 Å². The molecular formula is C45H67Cl2N8O9+. The van der Waals surface area contributed by atoms with Gasteiger partial charge in [-0.3, -0.25) is 14.4 Å². The lowest BCUT2D eigenvalue weighted by Gasteiger charge is -2.36. The number of hydrogen-bond donors (Lipinski definition) is 8. The molecule has 0 spiro atoms. The number of carbonyl (C=O) groups is 3. The number of amides is 3. The summed E-state index contributed by atoms with van der Waals surface area (Å²) < 4.78 is 11.2. The van der Waals surface area contributed by atoms with Crippen LogP contribution in [-0.2, 0) is 22.4 Å². The number of rotatable bonds is 16. The maximum Gasteiger partial charge on any atom is 0.274 e. The fourth-order valence-corrected chi connectivity index (χ4v) is 7.96. The minimum Gasteiger partial charge on any atom is -0.484 e. The second-order valence-corrected chi connectivity index (χ2v) is 17.0. The second kappa shape index (κ2) is 25.9. The van der Waals surface area contributed by atoms with E-state index >= 15 is 0 Å². The van der Waals surface area contributed by atoms with E-state index in [4.69, 9.17) is 37.6 Å². The van der Waals surface area contributed by atoms with Crippen LogP contribution in [0, 0.1) is 0 Å². The molecule has 3 aliphatic rings. The number of piperidine rings is 3. The normalized spacial score (nSPS) is 18.9. The van der Waals surface area contributed by atoms with Crippen molar-refractivity contribution in [2.75, 3.05) is 90.1 Å². The summed E-state index contributed by atoms with van der Waals surface area (Å²) in [6.45, 7) is 6.12. The highest BCUT2D eigenvalue weighted by molar-refractivity contribution is 6.31. The highest BCUT2D eigenvalue weighted by Crippen LogP contribution is 2.24. The van der Waals surface area contributed by atoms with Gasteiger partial charge in [0.2, 0.25) is 0 Å². The molecule has 3 aliphatic heterocycles. The van der Waals surface area contributed by atoms with E-state index in [2.05, 4.69) is 33.8 Å². The molecule has 10 N–H and O–H groups in total. The van der Waals surface area contributed by atoms with Crippen LogP contribution in [-0.4, -0.2) is 154 Å². The van der Waals surface area contributed by atoms with Gasteiger partial charge in [0.05, 0.1) is 50.1 Å². The Morgan fingerprint density at radius 3 is 1.75 bits per heavy atom. The molecule has 3 amide bonds. The van der Waals surface area contributed by atoms with Crippen LogP contribution in [0.5, 0.6) is 11.5 Å². The maximum atomic E-state index is 12.7. The largest absolute Gasteiger partial charge is 0.484 e. The number of likely N-dealkylation sites (tertiary alicyclic amines) is 3. The molecule has 3 saturated heterocycles. The van der Waals surface area contributed by atoms with E-state index in [0.29, 0.717) is 63.4 Å². The molecule has 0 radical (unpaired) electrons. The summed E-state index contributed by atoms with van der Waals surface area (Å²) in [5, 5.41) is 41.4. The van der Waals surface area contributed by atoms with Crippen LogP contribution in [0.15, 0.2) is 48.5 Å². The van der Waals surface area contributed by atoms with Crippen molar-refractivity contribution in [3.05, 3.63) is 70.5 Å². The van der Waals surface area contributed by atoms with Gasteiger partial charge in [-0.05, 0) is 86.8 Å². The second-order valence-electron chi connectivity index (χ2n) is 16.6. The van der Waals surface area contributed by atoms with Crippen molar-refractivity contribution in [2.45, 2.75) is 88.4 Å². The molecule has 17 nitrogen and oxygen atoms in total. The number of nitrogens with zero attached hydrogens (tertiary/aromatic N) is 4. The van der Waals surface area contributed by atoms with Gasteiger partial charge in [-0.2, -0.15) is 0 Å². The summed E-state index contributed by atoms with van der Waals surface area (Å²) in [6, 6.07) is 15.6. The standard InChI is InChI=1S/C27H38ClN7O5.C17H25NO4.CH3Cl/c28-23-25(30)33-24(29)22(32-23)26(38)31-19-4-2-12-34(15-19)11-1-3-18-5-7-20(8-6-18)40-16-21(37)35-13-9-27(39,17-36)10-14-35;1-2-3-14-4-6-15(7-5-14)22-12-16(20)18-10-8-17(21,13-19)9-11-18;1-2/h5-8,19,36,39H,1-4,9-17H2,(H,31,38)(H4,29,30,33);4-7,19,21H,2-3,8-13H2,1H3;1H3/p+1. The van der Waals surface area contributed by atoms with Gasteiger partial charge < -0.3 is 61.4 Å². The van der Waals surface area contributed by atoms with Gasteiger partial charge in [-0.15, -0.1) is 11.6 Å². The van der Waals surface area contributed by atoms with Gasteiger partial charge in [0.1, 0.15) is 11.5 Å². The zero-order valence-corrected chi connectivity index (χ0v) is 38.6. The van der Waals surface area contributed by atoms with Gasteiger partial charge in [-0.1, -0.05) is 49.2 Å². The number of quaternary nitrogens is 1. The molecule has 0 bridgehead atoms. The molecular weight excluding hydrogens is 867 g/mol. The molecule has 2 aromatic carbocycles. The number of halogens is 2. The lowest BCUT2D eigenvalue weighted by Crippen LogP contribution is -3.14. The van der Waals surface area contributed by atoms with Crippen molar-refractivity contribution < 1.29 is 49.2 Å². The quantitative estimate of drug-likeness (QED) is 0.0954. The van der Waals surface area contributed by atoms with Crippen LogP contribution in [0.4, 0.5) is 11.6 Å². The van der Waals surface area contributed by atoms with Crippen LogP contribution in [0.2, 0.25) is 5.15 Å². The molecule has 6 rings (SSSR count). The molecule has 0 aliphatic carbocycles. The van der Waals surface area contributed by atoms with Gasteiger partial charge in [0.15, 0.2) is 35.7 Å². The Bertz CT molecular complexity index is 1910. The minimum absolute atomic E-state index is 0.00464. The van der Waals surface area contributed by atoms with Crippen molar-refractivity contribution in [3.63, 3.8) is 0 Å². The van der Waals surface area contributed by atoms with E-state index in [0.717, 1.165) is 58.2 Å². The summed E-state index contributed by atoms with van der Waals surface area (Å²) in [4.78, 5) is 49.8. The smallest absolute Gasteiger partial charge is 0.274 e. The van der Waals surface area contributed by atoms with Crippen LogP contribution in [0.1, 0.15) is 79.9 Å². The third kappa shape index (κ3) is 16.2. The molecule has 3 fully saturated rings. The van der Waals surface area contributed by atoms with Crippen molar-refractivity contribution in [1.29, 1.82) is 0 Å².